The smallest absolute Gasteiger partial charge is 0.0941 e. The minimum absolute atomic E-state index is 0.0304. The number of allylic oxidation sites excluding steroid dienone is 2. The van der Waals surface area contributed by atoms with Gasteiger partial charge in [-0.05, 0) is 106 Å². The van der Waals surface area contributed by atoms with E-state index >= 15 is 0 Å². The molecule has 2 heterocycles. The van der Waals surface area contributed by atoms with E-state index in [1.165, 1.54) is 38.5 Å². The second-order valence-corrected chi connectivity index (χ2v) is 12.8. The fourth-order valence-electron chi connectivity index (χ4n) is 9.71. The van der Waals surface area contributed by atoms with E-state index < -0.39 is 0 Å². The Kier molecular flexibility index (Phi) is 4.52. The summed E-state index contributed by atoms with van der Waals surface area (Å²) in [7, 11) is 0. The van der Waals surface area contributed by atoms with Gasteiger partial charge in [0.2, 0.25) is 0 Å². The molecule has 2 saturated heterocycles. The van der Waals surface area contributed by atoms with Crippen molar-refractivity contribution in [3.63, 3.8) is 0 Å². The van der Waals surface area contributed by atoms with Crippen molar-refractivity contribution in [2.75, 3.05) is 6.54 Å². The quantitative estimate of drug-likeness (QED) is 0.511. The Morgan fingerprint density at radius 3 is 2.74 bits per heavy atom. The highest BCUT2D eigenvalue weighted by atomic mass is 16.5. The molecule has 0 aromatic rings. The molecule has 10 atom stereocenters. The number of aliphatic hydroxyl groups is 1. The summed E-state index contributed by atoms with van der Waals surface area (Å²) in [5.41, 5.74) is 5.16. The van der Waals surface area contributed by atoms with Crippen LogP contribution in [0.5, 0.6) is 0 Å². The van der Waals surface area contributed by atoms with Gasteiger partial charge in [0.05, 0.1) is 17.3 Å². The summed E-state index contributed by atoms with van der Waals surface area (Å²) >= 11 is 0. The van der Waals surface area contributed by atoms with E-state index in [9.17, 15) is 5.11 Å². The molecule has 0 bridgehead atoms. The Morgan fingerprint density at radius 2 is 1.94 bits per heavy atom. The molecule has 6 aliphatic rings. The first-order valence-electron chi connectivity index (χ1n) is 13.2. The molecule has 1 spiro atoms. The van der Waals surface area contributed by atoms with Crippen molar-refractivity contribution < 1.29 is 9.84 Å². The second kappa shape index (κ2) is 6.70. The first-order valence-corrected chi connectivity index (χ1v) is 13.2. The fourth-order valence-corrected chi connectivity index (χ4v) is 9.71. The molecule has 3 heteroatoms. The van der Waals surface area contributed by atoms with Crippen molar-refractivity contribution in [1.29, 1.82) is 0 Å². The van der Waals surface area contributed by atoms with Crippen molar-refractivity contribution in [2.45, 2.75) is 109 Å². The molecule has 3 nitrogen and oxygen atoms in total. The van der Waals surface area contributed by atoms with Crippen LogP contribution in [0.3, 0.4) is 0 Å². The van der Waals surface area contributed by atoms with Gasteiger partial charge in [0.1, 0.15) is 0 Å². The lowest BCUT2D eigenvalue weighted by Gasteiger charge is -2.49. The van der Waals surface area contributed by atoms with Crippen LogP contribution in [0.1, 0.15) is 86.0 Å². The number of rotatable bonds is 0. The molecular formula is C28H43NO2. The molecule has 0 aromatic heterocycles. The van der Waals surface area contributed by atoms with Crippen molar-refractivity contribution in [3.8, 4) is 0 Å². The average molecular weight is 426 g/mol. The summed E-state index contributed by atoms with van der Waals surface area (Å²) in [4.78, 5) is 0. The Balaban J connectivity index is 1.36. The summed E-state index contributed by atoms with van der Waals surface area (Å²) in [6.07, 6.45) is 11.7. The van der Waals surface area contributed by atoms with Gasteiger partial charge in [0, 0.05) is 12.0 Å². The molecule has 6 rings (SSSR count). The molecule has 31 heavy (non-hydrogen) atoms. The minimum atomic E-state index is -0.115. The van der Waals surface area contributed by atoms with Gasteiger partial charge in [0.15, 0.2) is 0 Å². The number of piperidine rings is 1. The highest BCUT2D eigenvalue weighted by Gasteiger charge is 2.63. The molecule has 2 saturated carbocycles. The highest BCUT2D eigenvalue weighted by molar-refractivity contribution is 5.39. The maximum absolute atomic E-state index is 10.3. The van der Waals surface area contributed by atoms with Crippen molar-refractivity contribution in [3.05, 3.63) is 22.8 Å². The summed E-state index contributed by atoms with van der Waals surface area (Å²) in [6, 6.07) is 0.477. The van der Waals surface area contributed by atoms with Gasteiger partial charge >= 0.3 is 0 Å². The van der Waals surface area contributed by atoms with Gasteiger partial charge in [-0.2, -0.15) is 0 Å². The van der Waals surface area contributed by atoms with Crippen LogP contribution < -0.4 is 5.32 Å². The molecule has 0 radical (unpaired) electrons. The first-order chi connectivity index (χ1) is 14.7. The number of nitrogens with one attached hydrogen (secondary N) is 1. The molecule has 0 amide bonds. The molecule has 4 fully saturated rings. The van der Waals surface area contributed by atoms with E-state index in [-0.39, 0.29) is 17.3 Å². The van der Waals surface area contributed by atoms with E-state index in [0.29, 0.717) is 23.3 Å². The monoisotopic (exact) mass is 425 g/mol. The minimum Gasteiger partial charge on any atom is -0.393 e. The zero-order valence-corrected chi connectivity index (χ0v) is 20.3. The lowest BCUT2D eigenvalue weighted by molar-refractivity contribution is -0.110. The molecule has 2 aliphatic heterocycles. The normalized spacial score (nSPS) is 56.1. The Labute approximate surface area is 189 Å². The third kappa shape index (κ3) is 2.69. The van der Waals surface area contributed by atoms with E-state index in [4.69, 9.17) is 4.74 Å². The molecule has 2 N–H and O–H groups in total. The highest BCUT2D eigenvalue weighted by Crippen LogP contribution is 2.65. The summed E-state index contributed by atoms with van der Waals surface area (Å²) < 4.78 is 7.22. The van der Waals surface area contributed by atoms with Crippen LogP contribution in [-0.2, 0) is 4.74 Å². The van der Waals surface area contributed by atoms with Gasteiger partial charge in [-0.3, -0.25) is 0 Å². The third-order valence-corrected chi connectivity index (χ3v) is 11.3. The maximum atomic E-state index is 10.3. The molecule has 4 aliphatic carbocycles. The van der Waals surface area contributed by atoms with Gasteiger partial charge in [-0.1, -0.05) is 38.0 Å². The molecule has 0 aromatic carbocycles. The standard InChI is InChI=1S/C28H43NO2/c1-16-14-27(5)25(29-15-16)18(3)28(31-27)11-9-21-22-7-6-19-12-20(30)8-10-26(19,4)24(22)13-23(21)17(28)2/h6,16,18,20-22,24-25,29-30H,7-15H2,1-5H3/t16-,18+,20-,21-,22-,24-,25-,26-,27+,28-/m0/s1. The number of aliphatic hydroxyl groups excluding tert-OH is 1. The number of ether oxygens (including phenoxy) is 1. The lowest BCUT2D eigenvalue weighted by atomic mass is 9.56. The Morgan fingerprint density at radius 1 is 1.13 bits per heavy atom. The average Bonchev–Trinajstić information content (AvgIpc) is 3.20. The van der Waals surface area contributed by atoms with Crippen molar-refractivity contribution in [1.82, 2.24) is 5.32 Å². The van der Waals surface area contributed by atoms with Gasteiger partial charge < -0.3 is 15.2 Å². The second-order valence-electron chi connectivity index (χ2n) is 12.8. The first kappa shape index (κ1) is 20.9. The number of fused-ring (bicyclic) bond motifs is 6. The summed E-state index contributed by atoms with van der Waals surface area (Å²) in [5, 5.41) is 14.2. The van der Waals surface area contributed by atoms with Crippen molar-refractivity contribution in [2.24, 2.45) is 35.0 Å². The Bertz CT molecular complexity index is 846. The number of hydrogen-bond donors (Lipinski definition) is 2. The van der Waals surface area contributed by atoms with Gasteiger partial charge in [-0.25, -0.2) is 0 Å². The van der Waals surface area contributed by atoms with E-state index in [1.54, 1.807) is 16.7 Å². The van der Waals surface area contributed by atoms with Crippen LogP contribution in [-0.4, -0.2) is 35.0 Å². The van der Waals surface area contributed by atoms with E-state index in [0.717, 1.165) is 37.1 Å². The lowest BCUT2D eigenvalue weighted by Crippen LogP contribution is -2.55. The SMILES string of the molecule is CC1=C2C[C@H]3[C@@H](CC=C4C[C@@H](O)CC[C@@]43C)[C@@H]2CC[C@]12O[C@]1(C)C[C@H](C)CN[C@H]1[C@H]2C. The van der Waals surface area contributed by atoms with Crippen LogP contribution in [0.15, 0.2) is 22.8 Å². The zero-order chi connectivity index (χ0) is 21.8. The van der Waals surface area contributed by atoms with Gasteiger partial charge in [0.25, 0.3) is 0 Å². The van der Waals surface area contributed by atoms with E-state index in [1.807, 2.05) is 0 Å². The zero-order valence-electron chi connectivity index (χ0n) is 20.3. The van der Waals surface area contributed by atoms with Crippen LogP contribution in [0.2, 0.25) is 0 Å². The molecule has 0 unspecified atom stereocenters. The Hall–Kier alpha value is -0.640. The fraction of sp³-hybridized carbons (Fsp3) is 0.857. The summed E-state index contributed by atoms with van der Waals surface area (Å²) in [6.45, 7) is 13.3. The third-order valence-electron chi connectivity index (χ3n) is 11.3. The summed E-state index contributed by atoms with van der Waals surface area (Å²) in [5.74, 6) is 3.55. The van der Waals surface area contributed by atoms with E-state index in [2.05, 4.69) is 46.0 Å². The largest absolute Gasteiger partial charge is 0.393 e. The van der Waals surface area contributed by atoms with Crippen LogP contribution >= 0.6 is 0 Å². The topological polar surface area (TPSA) is 41.5 Å². The predicted octanol–water partition coefficient (Wildman–Crippen LogP) is 5.39. The molecule has 172 valence electrons. The molecular weight excluding hydrogens is 382 g/mol. The van der Waals surface area contributed by atoms with Crippen LogP contribution in [0.25, 0.3) is 0 Å². The maximum Gasteiger partial charge on any atom is 0.0941 e. The number of hydrogen-bond acceptors (Lipinski definition) is 3. The van der Waals surface area contributed by atoms with Gasteiger partial charge in [-0.15, -0.1) is 0 Å². The van der Waals surface area contributed by atoms with Crippen LogP contribution in [0.4, 0.5) is 0 Å². The van der Waals surface area contributed by atoms with Crippen LogP contribution in [0, 0.1) is 35.0 Å². The predicted molar refractivity (Wildman–Crippen MR) is 125 cm³/mol. The van der Waals surface area contributed by atoms with Crippen molar-refractivity contribution >= 4 is 0 Å².